The molecule has 1 amide bonds. The molecule has 2 N–H and O–H groups in total. The van der Waals surface area contributed by atoms with Crippen molar-refractivity contribution in [2.24, 2.45) is 5.92 Å². The monoisotopic (exact) mass is 154 g/mol. The molecule has 0 aromatic carbocycles. The van der Waals surface area contributed by atoms with Crippen LogP contribution in [-0.2, 0) is 4.79 Å². The number of hydrogen-bond acceptors (Lipinski definition) is 2. The van der Waals surface area contributed by atoms with Crippen molar-refractivity contribution in [3.8, 4) is 0 Å². The van der Waals surface area contributed by atoms with Gasteiger partial charge in [-0.1, -0.05) is 0 Å². The normalized spacial score (nSPS) is 37.6. The van der Waals surface area contributed by atoms with Crippen molar-refractivity contribution in [1.29, 1.82) is 0 Å². The molecular weight excluding hydrogens is 140 g/mol. The molecule has 2 aliphatic rings. The molecule has 3 heteroatoms. The van der Waals surface area contributed by atoms with Gasteiger partial charge in [-0.2, -0.15) is 0 Å². The summed E-state index contributed by atoms with van der Waals surface area (Å²) >= 11 is 0. The summed E-state index contributed by atoms with van der Waals surface area (Å²) in [5.74, 6) is 0.818. The number of carbonyl (C=O) groups is 1. The Morgan fingerprint density at radius 1 is 1.27 bits per heavy atom. The minimum Gasteiger partial charge on any atom is -0.355 e. The molecular formula is C8H14N2O. The fourth-order valence-corrected chi connectivity index (χ4v) is 2.06. The molecule has 2 heterocycles. The van der Waals surface area contributed by atoms with Gasteiger partial charge in [0.05, 0.1) is 6.04 Å². The van der Waals surface area contributed by atoms with Gasteiger partial charge in [-0.05, 0) is 31.7 Å². The second-order valence-corrected chi connectivity index (χ2v) is 3.41. The quantitative estimate of drug-likeness (QED) is 0.510. The van der Waals surface area contributed by atoms with Crippen molar-refractivity contribution in [1.82, 2.24) is 10.6 Å². The van der Waals surface area contributed by atoms with Crippen LogP contribution in [0.5, 0.6) is 0 Å². The number of fused-ring (bicyclic) bond motifs is 1. The molecule has 0 spiro atoms. The van der Waals surface area contributed by atoms with Gasteiger partial charge in [-0.15, -0.1) is 0 Å². The van der Waals surface area contributed by atoms with Crippen molar-refractivity contribution in [3.63, 3.8) is 0 Å². The van der Waals surface area contributed by atoms with Crippen LogP contribution in [0.25, 0.3) is 0 Å². The summed E-state index contributed by atoms with van der Waals surface area (Å²) in [6.45, 7) is 1.89. The van der Waals surface area contributed by atoms with Crippen molar-refractivity contribution >= 4 is 5.91 Å². The molecule has 2 unspecified atom stereocenters. The second-order valence-electron chi connectivity index (χ2n) is 3.41. The van der Waals surface area contributed by atoms with Crippen molar-refractivity contribution < 1.29 is 4.79 Å². The van der Waals surface area contributed by atoms with Crippen molar-refractivity contribution in [2.75, 3.05) is 13.1 Å². The lowest BCUT2D eigenvalue weighted by Gasteiger charge is -2.35. The minimum absolute atomic E-state index is 0.123. The summed E-state index contributed by atoms with van der Waals surface area (Å²) < 4.78 is 0. The third kappa shape index (κ3) is 1.25. The molecule has 0 aromatic rings. The highest BCUT2D eigenvalue weighted by Gasteiger charge is 2.32. The van der Waals surface area contributed by atoms with E-state index in [1.54, 1.807) is 0 Å². The summed E-state index contributed by atoms with van der Waals surface area (Å²) in [6, 6.07) is 0.123. The lowest BCUT2D eigenvalue weighted by atomic mass is 9.85. The zero-order chi connectivity index (χ0) is 7.68. The van der Waals surface area contributed by atoms with Crippen molar-refractivity contribution in [2.45, 2.75) is 25.3 Å². The predicted octanol–water partition coefficient (Wildman–Crippen LogP) is -0.126. The van der Waals surface area contributed by atoms with E-state index in [0.717, 1.165) is 19.5 Å². The van der Waals surface area contributed by atoms with E-state index in [9.17, 15) is 4.79 Å². The molecule has 2 saturated heterocycles. The van der Waals surface area contributed by atoms with Crippen LogP contribution in [0.3, 0.4) is 0 Å². The first-order valence-electron chi connectivity index (χ1n) is 4.39. The number of nitrogens with one attached hydrogen (secondary N) is 2. The third-order valence-electron chi connectivity index (χ3n) is 2.68. The van der Waals surface area contributed by atoms with E-state index in [1.807, 2.05) is 0 Å². The third-order valence-corrected chi connectivity index (χ3v) is 2.68. The zero-order valence-corrected chi connectivity index (χ0v) is 6.60. The number of piperidine rings is 2. The molecule has 2 aliphatic heterocycles. The van der Waals surface area contributed by atoms with Crippen LogP contribution in [0.15, 0.2) is 0 Å². The van der Waals surface area contributed by atoms with E-state index >= 15 is 0 Å². The van der Waals surface area contributed by atoms with Crippen LogP contribution in [0.2, 0.25) is 0 Å². The first kappa shape index (κ1) is 7.10. The van der Waals surface area contributed by atoms with Gasteiger partial charge in [-0.25, -0.2) is 0 Å². The lowest BCUT2D eigenvalue weighted by Crippen LogP contribution is -2.55. The van der Waals surface area contributed by atoms with Gasteiger partial charge in [0.25, 0.3) is 0 Å². The molecule has 0 aliphatic carbocycles. The van der Waals surface area contributed by atoms with E-state index in [-0.39, 0.29) is 11.9 Å². The highest BCUT2D eigenvalue weighted by molar-refractivity contribution is 5.82. The van der Waals surface area contributed by atoms with Gasteiger partial charge >= 0.3 is 0 Å². The molecule has 0 aromatic heterocycles. The Bertz CT molecular complexity index is 167. The summed E-state index contributed by atoms with van der Waals surface area (Å²) in [6.07, 6.45) is 3.61. The standard InChI is InChI=1S/C8H14N2O/c11-8-7-6(3-5-10-8)2-1-4-9-7/h6-7,9H,1-5H2,(H,10,11). The summed E-state index contributed by atoms with van der Waals surface area (Å²) in [5.41, 5.74) is 0. The maximum Gasteiger partial charge on any atom is 0.237 e. The minimum atomic E-state index is 0.123. The van der Waals surface area contributed by atoms with Gasteiger partial charge in [-0.3, -0.25) is 4.79 Å². The molecule has 2 fully saturated rings. The predicted molar refractivity (Wildman–Crippen MR) is 42.1 cm³/mol. The fourth-order valence-electron chi connectivity index (χ4n) is 2.06. The fraction of sp³-hybridized carbons (Fsp3) is 0.875. The Labute approximate surface area is 66.5 Å². The van der Waals surface area contributed by atoms with Crippen molar-refractivity contribution in [3.05, 3.63) is 0 Å². The first-order chi connectivity index (χ1) is 5.38. The molecule has 0 radical (unpaired) electrons. The molecule has 0 bridgehead atoms. The topological polar surface area (TPSA) is 41.1 Å². The molecule has 2 atom stereocenters. The average molecular weight is 154 g/mol. The molecule has 0 saturated carbocycles. The molecule has 11 heavy (non-hydrogen) atoms. The Kier molecular flexibility index (Phi) is 1.82. The maximum atomic E-state index is 11.3. The van der Waals surface area contributed by atoms with Gasteiger partial charge in [0.1, 0.15) is 0 Å². The lowest BCUT2D eigenvalue weighted by molar-refractivity contribution is -0.126. The highest BCUT2D eigenvalue weighted by Crippen LogP contribution is 2.22. The van der Waals surface area contributed by atoms with Gasteiger partial charge in [0.2, 0.25) is 5.91 Å². The number of rotatable bonds is 0. The van der Waals surface area contributed by atoms with Gasteiger partial charge < -0.3 is 10.6 Å². The van der Waals surface area contributed by atoms with Crippen LogP contribution in [-0.4, -0.2) is 25.0 Å². The molecule has 3 nitrogen and oxygen atoms in total. The van der Waals surface area contributed by atoms with E-state index in [2.05, 4.69) is 10.6 Å². The Morgan fingerprint density at radius 2 is 2.18 bits per heavy atom. The Balaban J connectivity index is 2.05. The molecule has 62 valence electrons. The maximum absolute atomic E-state index is 11.3. The number of hydrogen-bond donors (Lipinski definition) is 2. The van der Waals surface area contributed by atoms with E-state index in [0.29, 0.717) is 5.92 Å². The number of carbonyl (C=O) groups excluding carboxylic acids is 1. The first-order valence-corrected chi connectivity index (χ1v) is 4.39. The van der Waals surface area contributed by atoms with Crippen LogP contribution in [0.1, 0.15) is 19.3 Å². The van der Waals surface area contributed by atoms with Gasteiger partial charge in [0, 0.05) is 6.54 Å². The zero-order valence-electron chi connectivity index (χ0n) is 6.60. The van der Waals surface area contributed by atoms with Crippen LogP contribution in [0, 0.1) is 5.92 Å². The van der Waals surface area contributed by atoms with E-state index in [4.69, 9.17) is 0 Å². The van der Waals surface area contributed by atoms with Crippen LogP contribution >= 0.6 is 0 Å². The highest BCUT2D eigenvalue weighted by atomic mass is 16.2. The van der Waals surface area contributed by atoms with E-state index < -0.39 is 0 Å². The SMILES string of the molecule is O=C1NCCC2CCCNC12. The summed E-state index contributed by atoms with van der Waals surface area (Å²) in [7, 11) is 0. The molecule has 2 rings (SSSR count). The largest absolute Gasteiger partial charge is 0.355 e. The smallest absolute Gasteiger partial charge is 0.237 e. The van der Waals surface area contributed by atoms with Crippen LogP contribution in [0.4, 0.5) is 0 Å². The Hall–Kier alpha value is -0.570. The average Bonchev–Trinajstić information content (AvgIpc) is 2.06. The summed E-state index contributed by atoms with van der Waals surface area (Å²) in [4.78, 5) is 11.3. The second kappa shape index (κ2) is 2.81. The van der Waals surface area contributed by atoms with Crippen LogP contribution < -0.4 is 10.6 Å². The Morgan fingerprint density at radius 3 is 3.00 bits per heavy atom. The summed E-state index contributed by atoms with van der Waals surface area (Å²) in [5, 5.41) is 6.14. The van der Waals surface area contributed by atoms with E-state index in [1.165, 1.54) is 12.8 Å². The van der Waals surface area contributed by atoms with Gasteiger partial charge in [0.15, 0.2) is 0 Å². The number of amides is 1.